The number of fused-ring (bicyclic) bond motifs is 1. The topological polar surface area (TPSA) is 41.0 Å². The van der Waals surface area contributed by atoms with Crippen LogP contribution in [0.15, 0.2) is 18.6 Å². The molecular weight excluding hydrogens is 176 g/mol. The molecule has 4 nitrogen and oxygen atoms in total. The number of aromatic nitrogens is 2. The van der Waals surface area contributed by atoms with Gasteiger partial charge in [-0.15, -0.1) is 0 Å². The van der Waals surface area contributed by atoms with Crippen molar-refractivity contribution in [1.82, 2.24) is 15.3 Å². The summed E-state index contributed by atoms with van der Waals surface area (Å²) in [5.74, 6) is 2.73. The molecule has 3 heterocycles. The van der Waals surface area contributed by atoms with Crippen molar-refractivity contribution in [3.63, 3.8) is 0 Å². The van der Waals surface area contributed by atoms with Gasteiger partial charge in [-0.2, -0.15) is 0 Å². The average molecular weight is 190 g/mol. The van der Waals surface area contributed by atoms with E-state index in [0.717, 1.165) is 30.7 Å². The minimum atomic E-state index is 0.824. The summed E-state index contributed by atoms with van der Waals surface area (Å²) >= 11 is 0. The van der Waals surface area contributed by atoms with Crippen molar-refractivity contribution in [2.75, 3.05) is 31.1 Å². The van der Waals surface area contributed by atoms with Crippen molar-refractivity contribution in [1.29, 1.82) is 0 Å². The monoisotopic (exact) mass is 190 g/mol. The Kier molecular flexibility index (Phi) is 1.87. The molecule has 0 aromatic carbocycles. The van der Waals surface area contributed by atoms with Gasteiger partial charge < -0.3 is 10.2 Å². The van der Waals surface area contributed by atoms with Gasteiger partial charge in [-0.3, -0.25) is 0 Å². The molecule has 2 aliphatic rings. The molecule has 14 heavy (non-hydrogen) atoms. The molecule has 0 amide bonds. The van der Waals surface area contributed by atoms with E-state index in [9.17, 15) is 0 Å². The van der Waals surface area contributed by atoms with Gasteiger partial charge in [0.25, 0.3) is 0 Å². The molecule has 1 aromatic rings. The van der Waals surface area contributed by atoms with Crippen LogP contribution < -0.4 is 10.2 Å². The van der Waals surface area contributed by atoms with E-state index in [4.69, 9.17) is 0 Å². The van der Waals surface area contributed by atoms with Crippen LogP contribution in [0.1, 0.15) is 0 Å². The van der Waals surface area contributed by atoms with Gasteiger partial charge in [-0.1, -0.05) is 0 Å². The van der Waals surface area contributed by atoms with Gasteiger partial charge in [0.05, 0.1) is 0 Å². The first-order valence-corrected chi connectivity index (χ1v) is 5.15. The van der Waals surface area contributed by atoms with Crippen LogP contribution in [-0.4, -0.2) is 36.1 Å². The smallest absolute Gasteiger partial charge is 0.131 e. The molecule has 2 atom stereocenters. The minimum absolute atomic E-state index is 0.824. The van der Waals surface area contributed by atoms with E-state index in [1.165, 1.54) is 13.1 Å². The number of anilines is 1. The molecule has 2 fully saturated rings. The molecule has 0 unspecified atom stereocenters. The van der Waals surface area contributed by atoms with E-state index in [-0.39, 0.29) is 0 Å². The fourth-order valence-electron chi connectivity index (χ4n) is 2.51. The summed E-state index contributed by atoms with van der Waals surface area (Å²) in [5, 5.41) is 3.44. The number of nitrogens with one attached hydrogen (secondary N) is 1. The molecule has 3 rings (SSSR count). The van der Waals surface area contributed by atoms with Crippen molar-refractivity contribution in [2.45, 2.75) is 0 Å². The number of hydrogen-bond acceptors (Lipinski definition) is 4. The Bertz CT molecular complexity index is 301. The maximum Gasteiger partial charge on any atom is 0.131 e. The molecule has 1 aromatic heterocycles. The van der Waals surface area contributed by atoms with Crippen molar-refractivity contribution < 1.29 is 0 Å². The van der Waals surface area contributed by atoms with Crippen LogP contribution in [0.3, 0.4) is 0 Å². The molecule has 0 saturated carbocycles. The third-order valence-electron chi connectivity index (χ3n) is 3.28. The van der Waals surface area contributed by atoms with Crippen LogP contribution in [0.2, 0.25) is 0 Å². The highest BCUT2D eigenvalue weighted by Crippen LogP contribution is 2.28. The molecule has 74 valence electrons. The van der Waals surface area contributed by atoms with E-state index in [0.29, 0.717) is 0 Å². The third-order valence-corrected chi connectivity index (χ3v) is 3.28. The number of nitrogens with zero attached hydrogens (tertiary/aromatic N) is 3. The van der Waals surface area contributed by atoms with E-state index in [2.05, 4.69) is 20.2 Å². The first kappa shape index (κ1) is 8.17. The minimum Gasteiger partial charge on any atom is -0.356 e. The van der Waals surface area contributed by atoms with E-state index in [1.54, 1.807) is 6.33 Å². The highest BCUT2D eigenvalue weighted by atomic mass is 15.2. The van der Waals surface area contributed by atoms with Crippen molar-refractivity contribution in [3.05, 3.63) is 18.6 Å². The molecule has 0 spiro atoms. The molecule has 1 N–H and O–H groups in total. The first-order chi connectivity index (χ1) is 6.93. The summed E-state index contributed by atoms with van der Waals surface area (Å²) in [6.45, 7) is 4.64. The zero-order chi connectivity index (χ0) is 9.38. The maximum atomic E-state index is 4.28. The normalized spacial score (nSPS) is 30.7. The van der Waals surface area contributed by atoms with Crippen LogP contribution in [0.4, 0.5) is 5.82 Å². The number of rotatable bonds is 1. The first-order valence-electron chi connectivity index (χ1n) is 5.15. The van der Waals surface area contributed by atoms with Crippen molar-refractivity contribution >= 4 is 5.82 Å². The van der Waals surface area contributed by atoms with Gasteiger partial charge in [0, 0.05) is 32.4 Å². The summed E-state index contributed by atoms with van der Waals surface area (Å²) < 4.78 is 0. The van der Waals surface area contributed by atoms with E-state index in [1.807, 2.05) is 12.3 Å². The fraction of sp³-hybridized carbons (Fsp3) is 0.600. The van der Waals surface area contributed by atoms with Crippen LogP contribution in [0.25, 0.3) is 0 Å². The fourth-order valence-corrected chi connectivity index (χ4v) is 2.51. The standard InChI is InChI=1S/C10H14N4/c1-2-11-7-13-10(1)14-5-8-3-12-4-9(8)6-14/h1-2,7-9,12H,3-6H2/t8-,9+. The highest BCUT2D eigenvalue weighted by molar-refractivity contribution is 5.38. The molecular formula is C10H14N4. The Morgan fingerprint density at radius 3 is 2.71 bits per heavy atom. The zero-order valence-corrected chi connectivity index (χ0v) is 8.06. The van der Waals surface area contributed by atoms with Crippen LogP contribution in [0.5, 0.6) is 0 Å². The highest BCUT2D eigenvalue weighted by Gasteiger charge is 2.36. The van der Waals surface area contributed by atoms with Gasteiger partial charge in [-0.05, 0) is 17.9 Å². The summed E-state index contributed by atoms with van der Waals surface area (Å²) in [5.41, 5.74) is 0. The van der Waals surface area contributed by atoms with Crippen molar-refractivity contribution in [3.8, 4) is 0 Å². The largest absolute Gasteiger partial charge is 0.356 e. The lowest BCUT2D eigenvalue weighted by atomic mass is 10.0. The maximum absolute atomic E-state index is 4.28. The van der Waals surface area contributed by atoms with E-state index >= 15 is 0 Å². The Hall–Kier alpha value is -1.16. The summed E-state index contributed by atoms with van der Waals surface area (Å²) in [6.07, 6.45) is 3.44. The average Bonchev–Trinajstić information content (AvgIpc) is 2.78. The molecule has 2 aliphatic heterocycles. The SMILES string of the molecule is c1cc(N2C[C@H]3CNC[C@H]3C2)ncn1. The van der Waals surface area contributed by atoms with Gasteiger partial charge in [0.2, 0.25) is 0 Å². The third kappa shape index (κ3) is 1.26. The van der Waals surface area contributed by atoms with Gasteiger partial charge in [0.1, 0.15) is 12.1 Å². The van der Waals surface area contributed by atoms with E-state index < -0.39 is 0 Å². The van der Waals surface area contributed by atoms with Gasteiger partial charge in [0.15, 0.2) is 0 Å². The van der Waals surface area contributed by atoms with Crippen LogP contribution >= 0.6 is 0 Å². The molecule has 2 saturated heterocycles. The van der Waals surface area contributed by atoms with Crippen LogP contribution in [-0.2, 0) is 0 Å². The number of hydrogen-bond donors (Lipinski definition) is 1. The molecule has 0 bridgehead atoms. The lowest BCUT2D eigenvalue weighted by Crippen LogP contribution is -2.26. The lowest BCUT2D eigenvalue weighted by Gasteiger charge is -2.17. The Labute approximate surface area is 83.4 Å². The summed E-state index contributed by atoms with van der Waals surface area (Å²) in [7, 11) is 0. The van der Waals surface area contributed by atoms with Gasteiger partial charge in [-0.25, -0.2) is 9.97 Å². The molecule has 0 aliphatic carbocycles. The Morgan fingerprint density at radius 2 is 2.07 bits per heavy atom. The molecule has 0 radical (unpaired) electrons. The van der Waals surface area contributed by atoms with Crippen molar-refractivity contribution in [2.24, 2.45) is 11.8 Å². The second-order valence-corrected chi connectivity index (χ2v) is 4.15. The second kappa shape index (κ2) is 3.20. The molecule has 4 heteroatoms. The zero-order valence-electron chi connectivity index (χ0n) is 8.06. The van der Waals surface area contributed by atoms with Gasteiger partial charge >= 0.3 is 0 Å². The Morgan fingerprint density at radius 1 is 1.29 bits per heavy atom. The second-order valence-electron chi connectivity index (χ2n) is 4.15. The lowest BCUT2D eigenvalue weighted by molar-refractivity contribution is 0.533. The summed E-state index contributed by atoms with van der Waals surface area (Å²) in [6, 6.07) is 1.99. The quantitative estimate of drug-likeness (QED) is 0.683. The van der Waals surface area contributed by atoms with Crippen LogP contribution in [0, 0.1) is 11.8 Å². The Balaban J connectivity index is 1.77. The predicted octanol–water partition coefficient (Wildman–Crippen LogP) is 0.132. The predicted molar refractivity (Wildman–Crippen MR) is 54.1 cm³/mol. The summed E-state index contributed by atoms with van der Waals surface area (Å²) in [4.78, 5) is 10.6.